The van der Waals surface area contributed by atoms with Gasteiger partial charge in [-0.1, -0.05) is 29.8 Å². The molecule has 0 unspecified atom stereocenters. The molecule has 20 heavy (non-hydrogen) atoms. The Morgan fingerprint density at radius 3 is 2.45 bits per heavy atom. The molecule has 0 saturated carbocycles. The highest BCUT2D eigenvalue weighted by atomic mass is 35.5. The van der Waals surface area contributed by atoms with Crippen LogP contribution < -0.4 is 4.74 Å². The number of carboxylic acids is 1. The zero-order chi connectivity index (χ0) is 14.7. The summed E-state index contributed by atoms with van der Waals surface area (Å²) in [5.74, 6) is -0.629. The van der Waals surface area contributed by atoms with Gasteiger partial charge in [0.2, 0.25) is 0 Å². The summed E-state index contributed by atoms with van der Waals surface area (Å²) in [6.07, 6.45) is 0. The molecule has 0 saturated heterocycles. The van der Waals surface area contributed by atoms with E-state index in [0.29, 0.717) is 17.4 Å². The molecular formula is C16H15ClO3. The van der Waals surface area contributed by atoms with Gasteiger partial charge in [0.25, 0.3) is 0 Å². The van der Waals surface area contributed by atoms with Gasteiger partial charge in [0.1, 0.15) is 11.3 Å². The van der Waals surface area contributed by atoms with Gasteiger partial charge in [0, 0.05) is 5.02 Å². The molecular weight excluding hydrogens is 276 g/mol. The highest BCUT2D eigenvalue weighted by molar-refractivity contribution is 6.31. The molecule has 0 aromatic heterocycles. The lowest BCUT2D eigenvalue weighted by Gasteiger charge is -2.10. The van der Waals surface area contributed by atoms with E-state index in [2.05, 4.69) is 0 Å². The SMILES string of the molecule is CCOc1ccc(-c2ccc(C)c(Cl)c2)cc1C(=O)O. The van der Waals surface area contributed by atoms with Gasteiger partial charge >= 0.3 is 5.97 Å². The summed E-state index contributed by atoms with van der Waals surface area (Å²) in [6, 6.07) is 10.8. The lowest BCUT2D eigenvalue weighted by Crippen LogP contribution is -2.03. The van der Waals surface area contributed by atoms with Gasteiger partial charge < -0.3 is 9.84 Å². The number of benzene rings is 2. The molecule has 3 nitrogen and oxygen atoms in total. The van der Waals surface area contributed by atoms with Crippen LogP contribution in [0.5, 0.6) is 5.75 Å². The Balaban J connectivity index is 2.49. The van der Waals surface area contributed by atoms with E-state index < -0.39 is 5.97 Å². The average molecular weight is 291 g/mol. The van der Waals surface area contributed by atoms with Crippen molar-refractivity contribution < 1.29 is 14.6 Å². The van der Waals surface area contributed by atoms with Crippen molar-refractivity contribution in [3.63, 3.8) is 0 Å². The molecule has 0 atom stereocenters. The molecule has 0 heterocycles. The number of halogens is 1. The summed E-state index contributed by atoms with van der Waals surface area (Å²) in [5, 5.41) is 9.92. The zero-order valence-corrected chi connectivity index (χ0v) is 12.1. The number of carboxylic acid groups (broad SMARTS) is 1. The fraction of sp³-hybridized carbons (Fsp3) is 0.188. The number of carbonyl (C=O) groups is 1. The maximum Gasteiger partial charge on any atom is 0.339 e. The number of ether oxygens (including phenoxy) is 1. The first-order valence-corrected chi connectivity index (χ1v) is 6.67. The molecule has 2 aromatic carbocycles. The van der Waals surface area contributed by atoms with Crippen molar-refractivity contribution in [1.82, 2.24) is 0 Å². The van der Waals surface area contributed by atoms with E-state index in [4.69, 9.17) is 16.3 Å². The molecule has 1 N–H and O–H groups in total. The summed E-state index contributed by atoms with van der Waals surface area (Å²) in [6.45, 7) is 4.17. The average Bonchev–Trinajstić information content (AvgIpc) is 2.42. The minimum atomic E-state index is -1.01. The minimum absolute atomic E-state index is 0.154. The number of rotatable bonds is 4. The Hall–Kier alpha value is -2.00. The van der Waals surface area contributed by atoms with Crippen LogP contribution in [-0.4, -0.2) is 17.7 Å². The van der Waals surface area contributed by atoms with Crippen LogP contribution >= 0.6 is 11.6 Å². The van der Waals surface area contributed by atoms with Gasteiger partial charge in [-0.2, -0.15) is 0 Å². The lowest BCUT2D eigenvalue weighted by molar-refractivity contribution is 0.0692. The van der Waals surface area contributed by atoms with E-state index in [1.807, 2.05) is 38.1 Å². The van der Waals surface area contributed by atoms with Crippen LogP contribution in [0.25, 0.3) is 11.1 Å². The van der Waals surface area contributed by atoms with Crippen molar-refractivity contribution in [3.05, 3.63) is 52.5 Å². The number of aryl methyl sites for hydroxylation is 1. The fourth-order valence-corrected chi connectivity index (χ4v) is 2.11. The Kier molecular flexibility index (Phi) is 4.30. The summed E-state index contributed by atoms with van der Waals surface area (Å²) < 4.78 is 5.33. The quantitative estimate of drug-likeness (QED) is 0.907. The molecule has 0 spiro atoms. The molecule has 104 valence electrons. The molecule has 4 heteroatoms. The van der Waals surface area contributed by atoms with E-state index in [0.717, 1.165) is 16.7 Å². The van der Waals surface area contributed by atoms with Crippen molar-refractivity contribution in [2.24, 2.45) is 0 Å². The van der Waals surface area contributed by atoms with Crippen LogP contribution in [0, 0.1) is 6.92 Å². The number of hydrogen-bond acceptors (Lipinski definition) is 2. The van der Waals surface area contributed by atoms with Gasteiger partial charge in [-0.15, -0.1) is 0 Å². The smallest absolute Gasteiger partial charge is 0.339 e. The second kappa shape index (κ2) is 5.97. The summed E-state index contributed by atoms with van der Waals surface area (Å²) in [4.78, 5) is 11.3. The Morgan fingerprint density at radius 2 is 1.85 bits per heavy atom. The molecule has 2 aromatic rings. The molecule has 0 aliphatic heterocycles. The van der Waals surface area contributed by atoms with Gasteiger partial charge in [-0.25, -0.2) is 4.79 Å². The van der Waals surface area contributed by atoms with Gasteiger partial charge in [0.15, 0.2) is 0 Å². The van der Waals surface area contributed by atoms with Crippen LogP contribution in [0.15, 0.2) is 36.4 Å². The molecule has 0 aliphatic carbocycles. The van der Waals surface area contributed by atoms with E-state index in [9.17, 15) is 9.90 Å². The summed E-state index contributed by atoms with van der Waals surface area (Å²) >= 11 is 6.11. The summed E-state index contributed by atoms with van der Waals surface area (Å²) in [5.41, 5.74) is 2.82. The Bertz CT molecular complexity index is 650. The highest BCUT2D eigenvalue weighted by Crippen LogP contribution is 2.29. The topological polar surface area (TPSA) is 46.5 Å². The van der Waals surface area contributed by atoms with Crippen molar-refractivity contribution in [2.45, 2.75) is 13.8 Å². The molecule has 0 amide bonds. The van der Waals surface area contributed by atoms with Crippen molar-refractivity contribution >= 4 is 17.6 Å². The molecule has 0 radical (unpaired) electrons. The van der Waals surface area contributed by atoms with Crippen LogP contribution in [0.3, 0.4) is 0 Å². The first kappa shape index (κ1) is 14.4. The Labute approximate surface area is 122 Å². The first-order valence-electron chi connectivity index (χ1n) is 6.29. The third-order valence-electron chi connectivity index (χ3n) is 3.01. The van der Waals surface area contributed by atoms with Crippen molar-refractivity contribution in [1.29, 1.82) is 0 Å². The predicted molar refractivity (Wildman–Crippen MR) is 79.8 cm³/mol. The van der Waals surface area contributed by atoms with Crippen molar-refractivity contribution in [2.75, 3.05) is 6.61 Å². The predicted octanol–water partition coefficient (Wildman–Crippen LogP) is 4.41. The fourth-order valence-electron chi connectivity index (χ4n) is 1.93. The summed E-state index contributed by atoms with van der Waals surface area (Å²) in [7, 11) is 0. The van der Waals surface area contributed by atoms with E-state index in [-0.39, 0.29) is 5.56 Å². The maximum absolute atomic E-state index is 11.3. The third kappa shape index (κ3) is 2.94. The van der Waals surface area contributed by atoms with E-state index in [1.54, 1.807) is 12.1 Å². The normalized spacial score (nSPS) is 10.3. The van der Waals surface area contributed by atoms with Crippen LogP contribution in [0.2, 0.25) is 5.02 Å². The standard InChI is InChI=1S/C16H15ClO3/c1-3-20-15-7-6-11(8-13(15)16(18)19)12-5-4-10(2)14(17)9-12/h4-9H,3H2,1-2H3,(H,18,19). The van der Waals surface area contributed by atoms with Crippen LogP contribution in [0.1, 0.15) is 22.8 Å². The zero-order valence-electron chi connectivity index (χ0n) is 11.3. The van der Waals surface area contributed by atoms with Crippen LogP contribution in [0.4, 0.5) is 0 Å². The van der Waals surface area contributed by atoms with Gasteiger partial charge in [-0.3, -0.25) is 0 Å². The third-order valence-corrected chi connectivity index (χ3v) is 3.42. The first-order chi connectivity index (χ1) is 9.52. The van der Waals surface area contributed by atoms with Gasteiger partial charge in [0.05, 0.1) is 6.61 Å². The monoisotopic (exact) mass is 290 g/mol. The molecule has 0 fully saturated rings. The van der Waals surface area contributed by atoms with Crippen molar-refractivity contribution in [3.8, 4) is 16.9 Å². The minimum Gasteiger partial charge on any atom is -0.493 e. The number of aromatic carboxylic acids is 1. The molecule has 0 aliphatic rings. The lowest BCUT2D eigenvalue weighted by atomic mass is 10.0. The van der Waals surface area contributed by atoms with Gasteiger partial charge in [-0.05, 0) is 48.7 Å². The molecule has 0 bridgehead atoms. The highest BCUT2D eigenvalue weighted by Gasteiger charge is 2.13. The second-order valence-electron chi connectivity index (χ2n) is 4.41. The second-order valence-corrected chi connectivity index (χ2v) is 4.82. The van der Waals surface area contributed by atoms with Crippen LogP contribution in [-0.2, 0) is 0 Å². The Morgan fingerprint density at radius 1 is 1.20 bits per heavy atom. The molecule has 2 rings (SSSR count). The van der Waals surface area contributed by atoms with E-state index in [1.165, 1.54) is 0 Å². The van der Waals surface area contributed by atoms with E-state index >= 15 is 0 Å². The maximum atomic E-state index is 11.3. The number of hydrogen-bond donors (Lipinski definition) is 1. The largest absolute Gasteiger partial charge is 0.493 e.